The molecule has 1 aromatic carbocycles. The Morgan fingerprint density at radius 3 is 2.23 bits per heavy atom. The minimum Gasteiger partial charge on any atom is -0.0625 e. The van der Waals surface area contributed by atoms with Crippen LogP contribution >= 0.6 is 0 Å². The molecule has 2 fully saturated rings. The molecule has 2 aliphatic rings. The van der Waals surface area contributed by atoms with Gasteiger partial charge in [-0.1, -0.05) is 71.7 Å². The maximum atomic E-state index is 2.44. The summed E-state index contributed by atoms with van der Waals surface area (Å²) in [4.78, 5) is 0. The molecule has 4 unspecified atom stereocenters. The molecule has 2 saturated carbocycles. The summed E-state index contributed by atoms with van der Waals surface area (Å²) in [5.41, 5.74) is 3.35. The highest BCUT2D eigenvalue weighted by Gasteiger charge is 2.42. The zero-order valence-electron chi connectivity index (χ0n) is 15.2. The van der Waals surface area contributed by atoms with Gasteiger partial charge in [0.2, 0.25) is 0 Å². The van der Waals surface area contributed by atoms with Gasteiger partial charge in [0.1, 0.15) is 0 Å². The predicted molar refractivity (Wildman–Crippen MR) is 96.3 cm³/mol. The first-order valence-electron chi connectivity index (χ1n) is 9.46. The molecule has 4 atom stereocenters. The molecule has 122 valence electrons. The highest BCUT2D eigenvalue weighted by molar-refractivity contribution is 5.30. The second-order valence-electron chi connectivity index (χ2n) is 9.31. The zero-order valence-corrected chi connectivity index (χ0v) is 15.2. The standard InChI is InChI=1S/C22H34/c1-15(2)18-13-17-7-6-8-20(21(17)14-18)16-9-11-19(12-10-16)22(3,4)5/h9-12,15,17-18,20-21H,6-8,13-14H2,1-5H3. The van der Waals surface area contributed by atoms with E-state index in [4.69, 9.17) is 0 Å². The molecule has 1 aromatic rings. The van der Waals surface area contributed by atoms with Crippen LogP contribution in [-0.4, -0.2) is 0 Å². The molecule has 0 aliphatic heterocycles. The zero-order chi connectivity index (χ0) is 15.9. The molecule has 2 aliphatic carbocycles. The van der Waals surface area contributed by atoms with E-state index in [0.29, 0.717) is 0 Å². The van der Waals surface area contributed by atoms with E-state index in [2.05, 4.69) is 58.9 Å². The lowest BCUT2D eigenvalue weighted by Gasteiger charge is -2.34. The van der Waals surface area contributed by atoms with Crippen molar-refractivity contribution in [2.24, 2.45) is 23.7 Å². The van der Waals surface area contributed by atoms with Crippen LogP contribution in [0.1, 0.15) is 83.8 Å². The monoisotopic (exact) mass is 298 g/mol. The van der Waals surface area contributed by atoms with E-state index in [0.717, 1.165) is 29.6 Å². The molecular weight excluding hydrogens is 264 g/mol. The van der Waals surface area contributed by atoms with Gasteiger partial charge < -0.3 is 0 Å². The molecule has 0 nitrogen and oxygen atoms in total. The lowest BCUT2D eigenvalue weighted by atomic mass is 9.70. The third-order valence-electron chi connectivity index (χ3n) is 6.54. The summed E-state index contributed by atoms with van der Waals surface area (Å²) in [6.45, 7) is 11.8. The summed E-state index contributed by atoms with van der Waals surface area (Å²) < 4.78 is 0. The van der Waals surface area contributed by atoms with Crippen LogP contribution in [0.3, 0.4) is 0 Å². The molecule has 0 saturated heterocycles. The quantitative estimate of drug-likeness (QED) is 0.580. The van der Waals surface area contributed by atoms with Gasteiger partial charge in [0, 0.05) is 0 Å². The average molecular weight is 299 g/mol. The Bertz CT molecular complexity index is 488. The topological polar surface area (TPSA) is 0 Å². The van der Waals surface area contributed by atoms with Crippen molar-refractivity contribution in [3.63, 3.8) is 0 Å². The fourth-order valence-electron chi connectivity index (χ4n) is 5.03. The molecule has 3 rings (SSSR count). The van der Waals surface area contributed by atoms with Crippen LogP contribution in [0.15, 0.2) is 24.3 Å². The second kappa shape index (κ2) is 6.02. The first-order valence-corrected chi connectivity index (χ1v) is 9.46. The van der Waals surface area contributed by atoms with Crippen LogP contribution in [0, 0.1) is 23.7 Å². The van der Waals surface area contributed by atoms with Gasteiger partial charge >= 0.3 is 0 Å². The summed E-state index contributed by atoms with van der Waals surface area (Å²) in [6, 6.07) is 9.65. The fraction of sp³-hybridized carbons (Fsp3) is 0.727. The Labute approximate surface area is 137 Å². The van der Waals surface area contributed by atoms with E-state index in [1.165, 1.54) is 37.7 Å². The van der Waals surface area contributed by atoms with Crippen molar-refractivity contribution in [1.29, 1.82) is 0 Å². The SMILES string of the molecule is CC(C)C1CC2CCCC(c3ccc(C(C)(C)C)cc3)C2C1. The van der Waals surface area contributed by atoms with Crippen LogP contribution in [0.5, 0.6) is 0 Å². The summed E-state index contributed by atoms with van der Waals surface area (Å²) in [6.07, 6.45) is 7.33. The smallest absolute Gasteiger partial charge is 0.0131 e. The Hall–Kier alpha value is -0.780. The maximum absolute atomic E-state index is 2.44. The first kappa shape index (κ1) is 16.1. The Morgan fingerprint density at radius 2 is 1.64 bits per heavy atom. The number of hydrogen-bond acceptors (Lipinski definition) is 0. The lowest BCUT2D eigenvalue weighted by Crippen LogP contribution is -2.22. The summed E-state index contributed by atoms with van der Waals surface area (Å²) in [7, 11) is 0. The molecular formula is C22H34. The number of rotatable bonds is 2. The second-order valence-corrected chi connectivity index (χ2v) is 9.31. The van der Waals surface area contributed by atoms with E-state index in [-0.39, 0.29) is 5.41 Å². The van der Waals surface area contributed by atoms with Gasteiger partial charge in [-0.15, -0.1) is 0 Å². The van der Waals surface area contributed by atoms with Crippen LogP contribution < -0.4 is 0 Å². The predicted octanol–water partition coefficient (Wildman–Crippen LogP) is 6.55. The Balaban J connectivity index is 1.79. The van der Waals surface area contributed by atoms with Crippen molar-refractivity contribution in [1.82, 2.24) is 0 Å². The minimum absolute atomic E-state index is 0.268. The third kappa shape index (κ3) is 3.12. The van der Waals surface area contributed by atoms with E-state index in [1.807, 2.05) is 0 Å². The van der Waals surface area contributed by atoms with Gasteiger partial charge in [0.15, 0.2) is 0 Å². The van der Waals surface area contributed by atoms with Crippen molar-refractivity contribution in [3.8, 4) is 0 Å². The van der Waals surface area contributed by atoms with Crippen molar-refractivity contribution in [3.05, 3.63) is 35.4 Å². The summed E-state index contributed by atoms with van der Waals surface area (Å²) in [5, 5.41) is 0. The molecule has 0 N–H and O–H groups in total. The molecule has 0 spiro atoms. The molecule has 0 heterocycles. The molecule has 0 heteroatoms. The van der Waals surface area contributed by atoms with Gasteiger partial charge in [0.25, 0.3) is 0 Å². The minimum atomic E-state index is 0.268. The van der Waals surface area contributed by atoms with E-state index in [1.54, 1.807) is 5.56 Å². The van der Waals surface area contributed by atoms with Crippen LogP contribution in [0.4, 0.5) is 0 Å². The highest BCUT2D eigenvalue weighted by atomic mass is 14.5. The highest BCUT2D eigenvalue weighted by Crippen LogP contribution is 2.53. The first-order chi connectivity index (χ1) is 10.4. The van der Waals surface area contributed by atoms with Crippen molar-refractivity contribution >= 4 is 0 Å². The van der Waals surface area contributed by atoms with Crippen LogP contribution in [-0.2, 0) is 5.41 Å². The van der Waals surface area contributed by atoms with Crippen LogP contribution in [0.2, 0.25) is 0 Å². The van der Waals surface area contributed by atoms with Gasteiger partial charge in [-0.2, -0.15) is 0 Å². The average Bonchev–Trinajstić information content (AvgIpc) is 2.90. The van der Waals surface area contributed by atoms with Gasteiger partial charge in [-0.3, -0.25) is 0 Å². The van der Waals surface area contributed by atoms with Gasteiger partial charge in [-0.25, -0.2) is 0 Å². The van der Waals surface area contributed by atoms with E-state index in [9.17, 15) is 0 Å². The lowest BCUT2D eigenvalue weighted by molar-refractivity contribution is 0.238. The molecule has 0 amide bonds. The number of fused-ring (bicyclic) bond motifs is 1. The fourth-order valence-corrected chi connectivity index (χ4v) is 5.03. The van der Waals surface area contributed by atoms with Crippen molar-refractivity contribution in [2.45, 2.75) is 78.1 Å². The Morgan fingerprint density at radius 1 is 0.955 bits per heavy atom. The van der Waals surface area contributed by atoms with Crippen molar-refractivity contribution in [2.75, 3.05) is 0 Å². The summed E-state index contributed by atoms with van der Waals surface area (Å²) >= 11 is 0. The molecule has 0 radical (unpaired) electrons. The normalized spacial score (nSPS) is 32.3. The molecule has 0 aromatic heterocycles. The summed E-state index contributed by atoms with van der Waals surface area (Å²) in [5.74, 6) is 4.64. The van der Waals surface area contributed by atoms with Gasteiger partial charge in [0.05, 0.1) is 0 Å². The van der Waals surface area contributed by atoms with E-state index >= 15 is 0 Å². The molecule has 22 heavy (non-hydrogen) atoms. The number of benzene rings is 1. The number of hydrogen-bond donors (Lipinski definition) is 0. The van der Waals surface area contributed by atoms with Crippen molar-refractivity contribution < 1.29 is 0 Å². The largest absolute Gasteiger partial charge is 0.0625 e. The maximum Gasteiger partial charge on any atom is -0.0131 e. The molecule has 0 bridgehead atoms. The van der Waals surface area contributed by atoms with Gasteiger partial charge in [-0.05, 0) is 65.4 Å². The van der Waals surface area contributed by atoms with Crippen LogP contribution in [0.25, 0.3) is 0 Å². The third-order valence-corrected chi connectivity index (χ3v) is 6.54. The van der Waals surface area contributed by atoms with E-state index < -0.39 is 0 Å². The Kier molecular flexibility index (Phi) is 4.40.